The van der Waals surface area contributed by atoms with Crippen molar-refractivity contribution < 1.29 is 22.4 Å². The summed E-state index contributed by atoms with van der Waals surface area (Å²) in [5.74, 6) is -3.02. The number of anilines is 2. The molecule has 0 bridgehead atoms. The summed E-state index contributed by atoms with van der Waals surface area (Å²) in [6.45, 7) is 1.61. The molecule has 0 aromatic heterocycles. The van der Waals surface area contributed by atoms with Crippen LogP contribution < -0.4 is 9.80 Å². The molecule has 9 heteroatoms. The van der Waals surface area contributed by atoms with E-state index < -0.39 is 38.1 Å². The van der Waals surface area contributed by atoms with Gasteiger partial charge in [-0.3, -0.25) is 14.5 Å². The van der Waals surface area contributed by atoms with Crippen molar-refractivity contribution in [3.63, 3.8) is 0 Å². The Balaban J connectivity index is 1.74. The van der Waals surface area contributed by atoms with Crippen molar-refractivity contribution in [2.75, 3.05) is 15.6 Å². The van der Waals surface area contributed by atoms with Gasteiger partial charge in [0.2, 0.25) is 5.91 Å². The maximum Gasteiger partial charge on any atom is 0.274 e. The topological polar surface area (TPSA) is 74.8 Å². The van der Waals surface area contributed by atoms with Crippen LogP contribution in [0.4, 0.5) is 15.8 Å². The maximum absolute atomic E-state index is 14.4. The number of para-hydroxylation sites is 1. The van der Waals surface area contributed by atoms with Gasteiger partial charge in [0, 0.05) is 16.3 Å². The Labute approximate surface area is 195 Å². The van der Waals surface area contributed by atoms with Gasteiger partial charge < -0.3 is 4.90 Å². The number of amides is 2. The van der Waals surface area contributed by atoms with E-state index in [9.17, 15) is 22.4 Å². The molecule has 0 N–H and O–H groups in total. The molecule has 0 saturated carbocycles. The zero-order chi connectivity index (χ0) is 23.5. The quantitative estimate of drug-likeness (QED) is 0.564. The number of carbonyl (C=O) groups is 2. The van der Waals surface area contributed by atoms with Crippen LogP contribution in [0.1, 0.15) is 16.7 Å². The molecule has 168 valence electrons. The Bertz CT molecular complexity index is 1440. The zero-order valence-corrected chi connectivity index (χ0v) is 19.0. The second-order valence-electron chi connectivity index (χ2n) is 8.10. The lowest BCUT2D eigenvalue weighted by Gasteiger charge is -2.32. The lowest BCUT2D eigenvalue weighted by Crippen LogP contribution is -2.54. The lowest BCUT2D eigenvalue weighted by atomic mass is 10.0. The normalized spacial score (nSPS) is 21.2. The molecular formula is C24H18ClFN2O4S. The van der Waals surface area contributed by atoms with Crippen molar-refractivity contribution in [1.29, 1.82) is 0 Å². The van der Waals surface area contributed by atoms with Gasteiger partial charge in [0.15, 0.2) is 9.84 Å². The number of benzene rings is 3. The SMILES string of the molecule is Cc1ccc(N2C(=O)CS(=O)(=O)[C@]23C(=O)N(Cc2cccc(Cl)c2)c2ccccc23)cc1F. The summed E-state index contributed by atoms with van der Waals surface area (Å²) >= 11 is 6.09. The van der Waals surface area contributed by atoms with Crippen molar-refractivity contribution >= 4 is 44.6 Å². The summed E-state index contributed by atoms with van der Waals surface area (Å²) in [6, 6.07) is 17.3. The molecule has 0 unspecified atom stereocenters. The van der Waals surface area contributed by atoms with E-state index in [-0.39, 0.29) is 17.8 Å². The molecule has 2 amide bonds. The average Bonchev–Trinajstić information content (AvgIpc) is 3.13. The Morgan fingerprint density at radius 2 is 1.79 bits per heavy atom. The molecule has 3 aromatic carbocycles. The van der Waals surface area contributed by atoms with Crippen LogP contribution in [0, 0.1) is 12.7 Å². The number of nitrogens with zero attached hydrogens (tertiary/aromatic N) is 2. The fraction of sp³-hybridized carbons (Fsp3) is 0.167. The van der Waals surface area contributed by atoms with Gasteiger partial charge >= 0.3 is 0 Å². The molecule has 0 radical (unpaired) electrons. The van der Waals surface area contributed by atoms with Crippen molar-refractivity contribution in [3.05, 3.63) is 94.3 Å². The fourth-order valence-electron chi connectivity index (χ4n) is 4.59. The highest BCUT2D eigenvalue weighted by molar-refractivity contribution is 7.94. The third-order valence-corrected chi connectivity index (χ3v) is 8.41. The molecule has 1 saturated heterocycles. The first kappa shape index (κ1) is 21.6. The van der Waals surface area contributed by atoms with Crippen LogP contribution in [0.3, 0.4) is 0 Å². The number of carbonyl (C=O) groups excluding carboxylic acids is 2. The van der Waals surface area contributed by atoms with Gasteiger partial charge in [-0.1, -0.05) is 48.0 Å². The van der Waals surface area contributed by atoms with Gasteiger partial charge in [-0.25, -0.2) is 12.8 Å². The van der Waals surface area contributed by atoms with Gasteiger partial charge in [-0.05, 0) is 48.4 Å². The van der Waals surface area contributed by atoms with E-state index in [4.69, 9.17) is 11.6 Å². The smallest absolute Gasteiger partial charge is 0.274 e. The summed E-state index contributed by atoms with van der Waals surface area (Å²) in [6.07, 6.45) is 0. The Hall–Kier alpha value is -3.23. The van der Waals surface area contributed by atoms with E-state index in [1.807, 2.05) is 0 Å². The van der Waals surface area contributed by atoms with E-state index in [1.54, 1.807) is 49.4 Å². The highest BCUT2D eigenvalue weighted by Crippen LogP contribution is 2.52. The predicted octanol–water partition coefficient (Wildman–Crippen LogP) is 3.95. The standard InChI is InChI=1S/C24H18ClFN2O4S/c1-15-9-10-18(12-20(15)26)28-22(29)14-33(31,32)24(28)19-7-2-3-8-21(19)27(23(24)30)13-16-5-4-6-17(25)11-16/h2-12H,13-14H2,1H3/t24-/m1/s1. The van der Waals surface area contributed by atoms with E-state index in [0.29, 0.717) is 21.8 Å². The number of fused-ring (bicyclic) bond motifs is 2. The zero-order valence-electron chi connectivity index (χ0n) is 17.5. The van der Waals surface area contributed by atoms with E-state index in [0.717, 1.165) is 11.0 Å². The van der Waals surface area contributed by atoms with Crippen molar-refractivity contribution in [1.82, 2.24) is 0 Å². The first-order valence-electron chi connectivity index (χ1n) is 10.1. The molecule has 3 aromatic rings. The number of sulfone groups is 1. The molecule has 2 heterocycles. The molecule has 1 fully saturated rings. The Morgan fingerprint density at radius 1 is 1.03 bits per heavy atom. The first-order chi connectivity index (χ1) is 15.7. The monoisotopic (exact) mass is 484 g/mol. The number of hydrogen-bond donors (Lipinski definition) is 0. The number of aryl methyl sites for hydroxylation is 1. The minimum absolute atomic E-state index is 0.0110. The van der Waals surface area contributed by atoms with Gasteiger partial charge in [0.1, 0.15) is 11.6 Å². The van der Waals surface area contributed by atoms with E-state index in [1.165, 1.54) is 23.1 Å². The summed E-state index contributed by atoms with van der Waals surface area (Å²) in [4.78, 5) is 27.0. The Kier molecular flexibility index (Phi) is 4.84. The Morgan fingerprint density at radius 3 is 2.52 bits per heavy atom. The third-order valence-electron chi connectivity index (χ3n) is 6.07. The molecule has 33 heavy (non-hydrogen) atoms. The third kappa shape index (κ3) is 3.01. The minimum atomic E-state index is -4.32. The summed E-state index contributed by atoms with van der Waals surface area (Å²) < 4.78 is 41.5. The molecule has 2 aliphatic rings. The predicted molar refractivity (Wildman–Crippen MR) is 123 cm³/mol. The van der Waals surface area contributed by atoms with Crippen LogP contribution in [0.15, 0.2) is 66.7 Å². The molecule has 1 spiro atoms. The van der Waals surface area contributed by atoms with Crippen LogP contribution in [-0.4, -0.2) is 26.0 Å². The van der Waals surface area contributed by atoms with Crippen LogP contribution in [0.2, 0.25) is 5.02 Å². The number of halogens is 2. The molecule has 1 atom stereocenters. The number of rotatable bonds is 3. The second-order valence-corrected chi connectivity index (χ2v) is 10.6. The van der Waals surface area contributed by atoms with Gasteiger partial charge in [0.05, 0.1) is 12.2 Å². The van der Waals surface area contributed by atoms with Crippen molar-refractivity contribution in [3.8, 4) is 0 Å². The molecule has 0 aliphatic carbocycles. The van der Waals surface area contributed by atoms with Crippen LogP contribution in [-0.2, 0) is 30.8 Å². The summed E-state index contributed by atoms with van der Waals surface area (Å²) in [7, 11) is -4.32. The fourth-order valence-corrected chi connectivity index (χ4v) is 6.83. The molecule has 5 rings (SSSR count). The van der Waals surface area contributed by atoms with Gasteiger partial charge in [-0.2, -0.15) is 0 Å². The molecule has 2 aliphatic heterocycles. The first-order valence-corrected chi connectivity index (χ1v) is 12.2. The summed E-state index contributed by atoms with van der Waals surface area (Å²) in [5, 5.41) is 0.475. The van der Waals surface area contributed by atoms with Crippen LogP contribution >= 0.6 is 11.6 Å². The second kappa shape index (κ2) is 7.40. The average molecular weight is 485 g/mol. The largest absolute Gasteiger partial charge is 0.304 e. The van der Waals surface area contributed by atoms with Crippen LogP contribution in [0.5, 0.6) is 0 Å². The molecule has 6 nitrogen and oxygen atoms in total. The molecular weight excluding hydrogens is 467 g/mol. The minimum Gasteiger partial charge on any atom is -0.304 e. The lowest BCUT2D eigenvalue weighted by molar-refractivity contribution is -0.123. The van der Waals surface area contributed by atoms with Gasteiger partial charge in [0.25, 0.3) is 10.8 Å². The highest BCUT2D eigenvalue weighted by Gasteiger charge is 2.69. The van der Waals surface area contributed by atoms with Gasteiger partial charge in [-0.15, -0.1) is 0 Å². The number of hydrogen-bond acceptors (Lipinski definition) is 4. The van der Waals surface area contributed by atoms with E-state index in [2.05, 4.69) is 0 Å². The van der Waals surface area contributed by atoms with Crippen LogP contribution in [0.25, 0.3) is 0 Å². The van der Waals surface area contributed by atoms with E-state index >= 15 is 0 Å². The van der Waals surface area contributed by atoms with Crippen molar-refractivity contribution in [2.45, 2.75) is 18.3 Å². The maximum atomic E-state index is 14.4. The highest BCUT2D eigenvalue weighted by atomic mass is 35.5. The van der Waals surface area contributed by atoms with Crippen molar-refractivity contribution in [2.24, 2.45) is 0 Å². The summed E-state index contributed by atoms with van der Waals surface area (Å²) in [5.41, 5.74) is 1.58.